The van der Waals surface area contributed by atoms with Crippen LogP contribution in [0.3, 0.4) is 0 Å². The summed E-state index contributed by atoms with van der Waals surface area (Å²) in [5.41, 5.74) is 4.53. The number of hydrazone groups is 1. The lowest BCUT2D eigenvalue weighted by atomic mass is 10.1. The normalized spacial score (nSPS) is 11.5. The third kappa shape index (κ3) is 7.54. The lowest BCUT2D eigenvalue weighted by molar-refractivity contribution is -0.127. The Morgan fingerprint density at radius 3 is 2.20 bits per heavy atom. The molecule has 218 valence electrons. The number of aryl methyl sites for hydroxylation is 1. The molecule has 41 heavy (non-hydrogen) atoms. The maximum absolute atomic E-state index is 12.9. The molecule has 2 N–H and O–H groups in total. The zero-order valence-corrected chi connectivity index (χ0v) is 24.8. The van der Waals surface area contributed by atoms with E-state index in [1.54, 1.807) is 50.2 Å². The smallest absolute Gasteiger partial charge is 0.341 e. The van der Waals surface area contributed by atoms with Crippen molar-refractivity contribution in [3.05, 3.63) is 63.5 Å². The van der Waals surface area contributed by atoms with Gasteiger partial charge in [-0.05, 0) is 69.7 Å². The predicted octanol–water partition coefficient (Wildman–Crippen LogP) is 4.74. The van der Waals surface area contributed by atoms with Gasteiger partial charge in [0.2, 0.25) is 5.75 Å². The van der Waals surface area contributed by atoms with Crippen molar-refractivity contribution in [1.82, 2.24) is 5.43 Å². The molecule has 0 aliphatic rings. The highest BCUT2D eigenvalue weighted by molar-refractivity contribution is 7.16. The van der Waals surface area contributed by atoms with Gasteiger partial charge in [-0.2, -0.15) is 5.10 Å². The standard InChI is InChI=1S/C29H33N3O8S/c1-8-39-29(35)24-16(2)18(4)41-28(24)31-27(34)20-9-11-21(12-10-20)40-17(3)26(33)32-30-15-19-13-22(36-5)25(38-7)23(14-19)37-6/h9-15,17H,8H2,1-7H3,(H,31,34)(H,32,33). The Balaban J connectivity index is 1.60. The maximum Gasteiger partial charge on any atom is 0.341 e. The fourth-order valence-corrected chi connectivity index (χ4v) is 4.76. The molecule has 0 saturated heterocycles. The molecule has 0 bridgehead atoms. The third-order valence-electron chi connectivity index (χ3n) is 5.97. The topological polar surface area (TPSA) is 134 Å². The van der Waals surface area contributed by atoms with Crippen LogP contribution in [-0.2, 0) is 9.53 Å². The van der Waals surface area contributed by atoms with E-state index in [-0.39, 0.29) is 6.61 Å². The number of nitrogens with zero attached hydrogens (tertiary/aromatic N) is 1. The Kier molecular flexibility index (Phi) is 10.7. The van der Waals surface area contributed by atoms with Gasteiger partial charge < -0.3 is 29.0 Å². The number of benzene rings is 2. The Morgan fingerprint density at radius 2 is 1.63 bits per heavy atom. The van der Waals surface area contributed by atoms with E-state index < -0.39 is 23.9 Å². The molecule has 1 heterocycles. The van der Waals surface area contributed by atoms with Gasteiger partial charge in [0.15, 0.2) is 17.6 Å². The molecule has 3 rings (SSSR count). The van der Waals surface area contributed by atoms with Gasteiger partial charge >= 0.3 is 5.97 Å². The monoisotopic (exact) mass is 583 g/mol. The second-order valence-corrected chi connectivity index (χ2v) is 9.86. The van der Waals surface area contributed by atoms with E-state index in [4.69, 9.17) is 23.7 Å². The number of carbonyl (C=O) groups excluding carboxylic acids is 3. The number of methoxy groups -OCH3 is 3. The lowest BCUT2D eigenvalue weighted by Crippen LogP contribution is -2.33. The zero-order chi connectivity index (χ0) is 30.1. The van der Waals surface area contributed by atoms with Crippen LogP contribution in [0.25, 0.3) is 0 Å². The third-order valence-corrected chi connectivity index (χ3v) is 7.09. The SMILES string of the molecule is CCOC(=O)c1c(NC(=O)c2ccc(OC(C)C(=O)NN=Cc3cc(OC)c(OC)c(OC)c3)cc2)sc(C)c1C. The van der Waals surface area contributed by atoms with E-state index in [1.165, 1.54) is 38.9 Å². The van der Waals surface area contributed by atoms with Crippen LogP contribution < -0.4 is 29.7 Å². The number of carbonyl (C=O) groups is 3. The first-order valence-electron chi connectivity index (χ1n) is 12.6. The molecule has 1 atom stereocenters. The minimum Gasteiger partial charge on any atom is -0.493 e. The fraction of sp³-hybridized carbons (Fsp3) is 0.310. The van der Waals surface area contributed by atoms with Crippen LogP contribution in [0.4, 0.5) is 5.00 Å². The van der Waals surface area contributed by atoms with E-state index in [2.05, 4.69) is 15.8 Å². The summed E-state index contributed by atoms with van der Waals surface area (Å²) in [5, 5.41) is 7.22. The minimum atomic E-state index is -0.879. The van der Waals surface area contributed by atoms with Crippen LogP contribution in [0.2, 0.25) is 0 Å². The van der Waals surface area contributed by atoms with E-state index >= 15 is 0 Å². The van der Waals surface area contributed by atoms with Crippen LogP contribution in [0.5, 0.6) is 23.0 Å². The van der Waals surface area contributed by atoms with Crippen molar-refractivity contribution in [3.8, 4) is 23.0 Å². The Bertz CT molecular complexity index is 1410. The van der Waals surface area contributed by atoms with E-state index in [0.717, 1.165) is 10.4 Å². The first-order valence-corrected chi connectivity index (χ1v) is 13.4. The quantitative estimate of drug-likeness (QED) is 0.178. The van der Waals surface area contributed by atoms with Gasteiger partial charge in [0, 0.05) is 16.0 Å². The van der Waals surface area contributed by atoms with Crippen LogP contribution >= 0.6 is 11.3 Å². The van der Waals surface area contributed by atoms with Crippen molar-refractivity contribution in [2.45, 2.75) is 33.8 Å². The number of rotatable bonds is 12. The number of ether oxygens (including phenoxy) is 5. The molecule has 0 saturated carbocycles. The fourth-order valence-electron chi connectivity index (χ4n) is 3.72. The van der Waals surface area contributed by atoms with Crippen molar-refractivity contribution in [1.29, 1.82) is 0 Å². The summed E-state index contributed by atoms with van der Waals surface area (Å²) < 4.78 is 26.8. The van der Waals surface area contributed by atoms with Gasteiger partial charge in [0.25, 0.3) is 11.8 Å². The molecular weight excluding hydrogens is 550 g/mol. The summed E-state index contributed by atoms with van der Waals surface area (Å²) in [5.74, 6) is 0.379. The number of anilines is 1. The molecule has 1 aromatic heterocycles. The molecular formula is C29H33N3O8S. The van der Waals surface area contributed by atoms with E-state index in [9.17, 15) is 14.4 Å². The zero-order valence-electron chi connectivity index (χ0n) is 23.9. The minimum absolute atomic E-state index is 0.234. The molecule has 0 aliphatic carbocycles. The highest BCUT2D eigenvalue weighted by atomic mass is 32.1. The molecule has 12 heteroatoms. The van der Waals surface area contributed by atoms with Gasteiger partial charge in [0.05, 0.1) is 39.7 Å². The maximum atomic E-state index is 12.9. The van der Waals surface area contributed by atoms with Gasteiger partial charge in [-0.3, -0.25) is 9.59 Å². The van der Waals surface area contributed by atoms with Crippen molar-refractivity contribution in [2.75, 3.05) is 33.3 Å². The second kappa shape index (κ2) is 14.2. The molecule has 0 fully saturated rings. The summed E-state index contributed by atoms with van der Waals surface area (Å²) in [7, 11) is 4.52. The van der Waals surface area contributed by atoms with E-state index in [1.807, 2.05) is 13.8 Å². The van der Waals surface area contributed by atoms with Crippen LogP contribution in [0.1, 0.15) is 50.6 Å². The molecule has 0 radical (unpaired) electrons. The molecule has 0 aliphatic heterocycles. The highest BCUT2D eigenvalue weighted by Gasteiger charge is 2.23. The number of nitrogens with one attached hydrogen (secondary N) is 2. The lowest BCUT2D eigenvalue weighted by Gasteiger charge is -2.14. The first-order chi connectivity index (χ1) is 19.6. The van der Waals surface area contributed by atoms with E-state index in [0.29, 0.717) is 44.7 Å². The highest BCUT2D eigenvalue weighted by Crippen LogP contribution is 2.38. The molecule has 0 spiro atoms. The largest absolute Gasteiger partial charge is 0.493 e. The average Bonchev–Trinajstić information content (AvgIpc) is 3.24. The van der Waals surface area contributed by atoms with Crippen molar-refractivity contribution in [2.24, 2.45) is 5.10 Å². The van der Waals surface area contributed by atoms with Crippen LogP contribution in [0.15, 0.2) is 41.5 Å². The molecule has 3 aromatic rings. The van der Waals surface area contributed by atoms with Gasteiger partial charge in [0.1, 0.15) is 10.8 Å². The Labute approximate surface area is 242 Å². The summed E-state index contributed by atoms with van der Waals surface area (Å²) >= 11 is 1.31. The van der Waals surface area contributed by atoms with Gasteiger partial charge in [-0.1, -0.05) is 0 Å². The number of hydrogen-bond donors (Lipinski definition) is 2. The second-order valence-electron chi connectivity index (χ2n) is 8.64. The number of thiophene rings is 1. The Morgan fingerprint density at radius 1 is 1.00 bits per heavy atom. The molecule has 2 aromatic carbocycles. The molecule has 11 nitrogen and oxygen atoms in total. The van der Waals surface area contributed by atoms with Gasteiger partial charge in [-0.25, -0.2) is 10.2 Å². The van der Waals surface area contributed by atoms with Crippen molar-refractivity contribution < 1.29 is 38.1 Å². The summed E-state index contributed by atoms with van der Waals surface area (Å²) in [6, 6.07) is 9.66. The van der Waals surface area contributed by atoms with Crippen molar-refractivity contribution in [3.63, 3.8) is 0 Å². The number of hydrogen-bond acceptors (Lipinski definition) is 10. The number of esters is 1. The van der Waals surface area contributed by atoms with Crippen LogP contribution in [-0.4, -0.2) is 58.0 Å². The summed E-state index contributed by atoms with van der Waals surface area (Å²) in [4.78, 5) is 38.7. The molecule has 1 unspecified atom stereocenters. The van der Waals surface area contributed by atoms with Crippen LogP contribution in [0, 0.1) is 13.8 Å². The van der Waals surface area contributed by atoms with Gasteiger partial charge in [-0.15, -0.1) is 11.3 Å². The average molecular weight is 584 g/mol. The van der Waals surface area contributed by atoms with Crippen molar-refractivity contribution >= 4 is 40.3 Å². The Hall–Kier alpha value is -4.58. The summed E-state index contributed by atoms with van der Waals surface area (Å²) in [6.07, 6.45) is 0.558. The molecule has 2 amide bonds. The summed E-state index contributed by atoms with van der Waals surface area (Å²) in [6.45, 7) is 7.22. The first kappa shape index (κ1) is 31.0. The predicted molar refractivity (Wildman–Crippen MR) is 156 cm³/mol. The number of amides is 2.